The lowest BCUT2D eigenvalue weighted by Gasteiger charge is -2.10. The van der Waals surface area contributed by atoms with E-state index in [0.717, 1.165) is 11.1 Å². The fourth-order valence-electron chi connectivity index (χ4n) is 1.95. The number of rotatable bonds is 5. The molecule has 18 heavy (non-hydrogen) atoms. The molecule has 0 heterocycles. The second kappa shape index (κ2) is 5.40. The van der Waals surface area contributed by atoms with Crippen molar-refractivity contribution in [2.45, 2.75) is 39.2 Å². The Morgan fingerprint density at radius 2 is 2.11 bits per heavy atom. The normalized spacial score (nSPS) is 14.6. The van der Waals surface area contributed by atoms with Crippen LogP contribution in [0.4, 0.5) is 5.69 Å². The van der Waals surface area contributed by atoms with Gasteiger partial charge in [0.25, 0.3) is 0 Å². The zero-order valence-corrected chi connectivity index (χ0v) is 10.9. The van der Waals surface area contributed by atoms with Crippen LogP contribution in [-0.2, 0) is 4.79 Å². The fraction of sp³-hybridized carbons (Fsp3) is 0.500. The van der Waals surface area contributed by atoms with Crippen LogP contribution >= 0.6 is 0 Å². The van der Waals surface area contributed by atoms with Gasteiger partial charge in [-0.25, -0.2) is 0 Å². The van der Waals surface area contributed by atoms with Crippen molar-refractivity contribution in [1.82, 2.24) is 5.32 Å². The number of aromatic hydroxyl groups is 1. The van der Waals surface area contributed by atoms with Gasteiger partial charge >= 0.3 is 0 Å². The second-order valence-electron chi connectivity index (χ2n) is 5.00. The van der Waals surface area contributed by atoms with Crippen molar-refractivity contribution in [2.75, 3.05) is 11.9 Å². The summed E-state index contributed by atoms with van der Waals surface area (Å²) < 4.78 is 0. The Hall–Kier alpha value is -1.55. The Balaban J connectivity index is 1.89. The molecule has 0 atom stereocenters. The summed E-state index contributed by atoms with van der Waals surface area (Å²) in [4.78, 5) is 11.7. The van der Waals surface area contributed by atoms with E-state index in [2.05, 4.69) is 10.6 Å². The van der Waals surface area contributed by atoms with Gasteiger partial charge in [-0.2, -0.15) is 0 Å². The predicted molar refractivity (Wildman–Crippen MR) is 71.9 cm³/mol. The molecule has 0 spiro atoms. The van der Waals surface area contributed by atoms with Crippen LogP contribution < -0.4 is 10.6 Å². The molecular weight excluding hydrogens is 228 g/mol. The number of aryl methyl sites for hydroxylation is 2. The maximum absolute atomic E-state index is 11.7. The van der Waals surface area contributed by atoms with Gasteiger partial charge in [-0.05, 0) is 43.9 Å². The average Bonchev–Trinajstić information content (AvgIpc) is 3.09. The van der Waals surface area contributed by atoms with Crippen LogP contribution in [0.15, 0.2) is 12.1 Å². The molecule has 0 unspecified atom stereocenters. The highest BCUT2D eigenvalue weighted by atomic mass is 16.3. The molecule has 0 bridgehead atoms. The van der Waals surface area contributed by atoms with E-state index in [-0.39, 0.29) is 11.7 Å². The number of nitrogens with one attached hydrogen (secondary N) is 2. The molecule has 98 valence electrons. The lowest BCUT2D eigenvalue weighted by atomic mass is 10.1. The van der Waals surface area contributed by atoms with Crippen molar-refractivity contribution in [3.05, 3.63) is 23.3 Å². The molecule has 0 aliphatic heterocycles. The Labute approximate surface area is 107 Å². The Bertz CT molecular complexity index is 453. The molecule has 4 heteroatoms. The maximum Gasteiger partial charge on any atom is 0.225 e. The Kier molecular flexibility index (Phi) is 3.87. The summed E-state index contributed by atoms with van der Waals surface area (Å²) in [7, 11) is 0. The van der Waals surface area contributed by atoms with Crippen LogP contribution in [0.25, 0.3) is 0 Å². The lowest BCUT2D eigenvalue weighted by Crippen LogP contribution is -2.23. The molecule has 1 aromatic rings. The number of amides is 1. The first-order valence-corrected chi connectivity index (χ1v) is 6.39. The van der Waals surface area contributed by atoms with Gasteiger partial charge in [0.2, 0.25) is 5.91 Å². The summed E-state index contributed by atoms with van der Waals surface area (Å²) in [5.41, 5.74) is 2.31. The van der Waals surface area contributed by atoms with Gasteiger partial charge < -0.3 is 15.7 Å². The standard InChI is InChI=1S/C14H20N2O2/c1-9-7-10(2)14(18)12(8-9)16-13(17)5-6-15-11-3-4-11/h7-8,11,15,18H,3-6H2,1-2H3,(H,16,17). The summed E-state index contributed by atoms with van der Waals surface area (Å²) in [6, 6.07) is 4.29. The molecule has 1 amide bonds. The highest BCUT2D eigenvalue weighted by Gasteiger charge is 2.20. The number of anilines is 1. The topological polar surface area (TPSA) is 61.4 Å². The van der Waals surface area contributed by atoms with Gasteiger partial charge in [-0.3, -0.25) is 4.79 Å². The zero-order valence-electron chi connectivity index (χ0n) is 10.9. The number of phenolic OH excluding ortho intramolecular Hbond substituents is 1. The molecule has 0 aromatic heterocycles. The monoisotopic (exact) mass is 248 g/mol. The highest BCUT2D eigenvalue weighted by molar-refractivity contribution is 5.92. The van der Waals surface area contributed by atoms with Crippen molar-refractivity contribution >= 4 is 11.6 Å². The van der Waals surface area contributed by atoms with E-state index < -0.39 is 0 Å². The average molecular weight is 248 g/mol. The molecule has 2 rings (SSSR count). The number of hydrogen-bond acceptors (Lipinski definition) is 3. The third kappa shape index (κ3) is 3.47. The molecule has 1 aliphatic rings. The highest BCUT2D eigenvalue weighted by Crippen LogP contribution is 2.28. The molecule has 1 aliphatic carbocycles. The van der Waals surface area contributed by atoms with Gasteiger partial charge in [-0.1, -0.05) is 6.07 Å². The van der Waals surface area contributed by atoms with E-state index in [1.54, 1.807) is 6.07 Å². The summed E-state index contributed by atoms with van der Waals surface area (Å²) >= 11 is 0. The first-order valence-electron chi connectivity index (χ1n) is 6.39. The third-order valence-corrected chi connectivity index (χ3v) is 3.08. The number of benzene rings is 1. The van der Waals surface area contributed by atoms with Gasteiger partial charge in [0.15, 0.2) is 0 Å². The maximum atomic E-state index is 11.7. The van der Waals surface area contributed by atoms with Crippen LogP contribution in [0, 0.1) is 13.8 Å². The van der Waals surface area contributed by atoms with E-state index in [1.165, 1.54) is 12.8 Å². The third-order valence-electron chi connectivity index (χ3n) is 3.08. The molecule has 1 saturated carbocycles. The van der Waals surface area contributed by atoms with E-state index >= 15 is 0 Å². The Morgan fingerprint density at radius 3 is 2.78 bits per heavy atom. The summed E-state index contributed by atoms with van der Waals surface area (Å²) in [6.07, 6.45) is 2.88. The van der Waals surface area contributed by atoms with Crippen LogP contribution in [-0.4, -0.2) is 23.6 Å². The van der Waals surface area contributed by atoms with E-state index in [4.69, 9.17) is 0 Å². The molecule has 1 aromatic carbocycles. The second-order valence-corrected chi connectivity index (χ2v) is 5.00. The van der Waals surface area contributed by atoms with E-state index in [0.29, 0.717) is 24.7 Å². The van der Waals surface area contributed by atoms with Crippen molar-refractivity contribution in [1.29, 1.82) is 0 Å². The predicted octanol–water partition coefficient (Wildman–Crippen LogP) is 2.09. The fourth-order valence-corrected chi connectivity index (χ4v) is 1.95. The van der Waals surface area contributed by atoms with Gasteiger partial charge in [0, 0.05) is 19.0 Å². The lowest BCUT2D eigenvalue weighted by molar-refractivity contribution is -0.116. The van der Waals surface area contributed by atoms with Crippen molar-refractivity contribution in [3.63, 3.8) is 0 Å². The number of carbonyl (C=O) groups is 1. The number of carbonyl (C=O) groups excluding carboxylic acids is 1. The zero-order chi connectivity index (χ0) is 13.1. The van der Waals surface area contributed by atoms with Crippen molar-refractivity contribution in [2.24, 2.45) is 0 Å². The van der Waals surface area contributed by atoms with Crippen molar-refractivity contribution in [3.8, 4) is 5.75 Å². The van der Waals surface area contributed by atoms with E-state index in [9.17, 15) is 9.90 Å². The molecular formula is C14H20N2O2. The summed E-state index contributed by atoms with van der Waals surface area (Å²) in [5, 5.41) is 15.9. The van der Waals surface area contributed by atoms with Gasteiger partial charge in [0.1, 0.15) is 5.75 Å². The smallest absolute Gasteiger partial charge is 0.225 e. The molecule has 4 nitrogen and oxygen atoms in total. The molecule has 0 radical (unpaired) electrons. The minimum Gasteiger partial charge on any atom is -0.505 e. The Morgan fingerprint density at radius 1 is 1.39 bits per heavy atom. The number of phenols is 1. The van der Waals surface area contributed by atoms with Gasteiger partial charge in [0.05, 0.1) is 5.69 Å². The minimum absolute atomic E-state index is 0.0662. The SMILES string of the molecule is Cc1cc(C)c(O)c(NC(=O)CCNC2CC2)c1. The van der Waals surface area contributed by atoms with Crippen molar-refractivity contribution < 1.29 is 9.90 Å². The van der Waals surface area contributed by atoms with Crippen LogP contribution in [0.5, 0.6) is 5.75 Å². The molecule has 1 fully saturated rings. The number of hydrogen-bond donors (Lipinski definition) is 3. The largest absolute Gasteiger partial charge is 0.505 e. The molecule has 0 saturated heterocycles. The quantitative estimate of drug-likeness (QED) is 0.699. The van der Waals surface area contributed by atoms with Crippen LogP contribution in [0.1, 0.15) is 30.4 Å². The first kappa shape index (κ1) is 12.9. The van der Waals surface area contributed by atoms with Crippen LogP contribution in [0.2, 0.25) is 0 Å². The van der Waals surface area contributed by atoms with E-state index in [1.807, 2.05) is 19.9 Å². The molecule has 3 N–H and O–H groups in total. The summed E-state index contributed by atoms with van der Waals surface area (Å²) in [6.45, 7) is 4.46. The minimum atomic E-state index is -0.0662. The van der Waals surface area contributed by atoms with Gasteiger partial charge in [-0.15, -0.1) is 0 Å². The van der Waals surface area contributed by atoms with Crippen LogP contribution in [0.3, 0.4) is 0 Å². The first-order chi connectivity index (χ1) is 8.56. The summed E-state index contributed by atoms with van der Waals surface area (Å²) in [5.74, 6) is 0.0903.